The summed E-state index contributed by atoms with van der Waals surface area (Å²) in [6, 6.07) is 17.5. The Bertz CT molecular complexity index is 1700. The van der Waals surface area contributed by atoms with Crippen molar-refractivity contribution in [3.05, 3.63) is 95.8 Å². The second-order valence-electron chi connectivity index (χ2n) is 12.8. The number of sulfonamides is 1. The third kappa shape index (κ3) is 9.49. The Kier molecular flexibility index (Phi) is 12.6. The van der Waals surface area contributed by atoms with Crippen LogP contribution in [0.5, 0.6) is 0 Å². The number of rotatable bonds is 16. The van der Waals surface area contributed by atoms with Crippen LogP contribution in [-0.4, -0.2) is 99.7 Å². The summed E-state index contributed by atoms with van der Waals surface area (Å²) in [5.74, 6) is -1.53. The molecule has 0 radical (unpaired) electrons. The molecule has 1 unspecified atom stereocenters. The van der Waals surface area contributed by atoms with Crippen LogP contribution in [0.25, 0.3) is 0 Å². The molecule has 4 amide bonds. The number of nitrogens with zero attached hydrogens (tertiary/aromatic N) is 5. The number of amides is 4. The number of pyridine rings is 1. The lowest BCUT2D eigenvalue weighted by Gasteiger charge is -2.34. The predicted molar refractivity (Wildman–Crippen MR) is 183 cm³/mol. The number of oxime groups is 1. The Labute approximate surface area is 287 Å². The maximum atomic E-state index is 14.0. The molecule has 0 bridgehead atoms. The fourth-order valence-corrected chi connectivity index (χ4v) is 7.39. The molecule has 0 saturated carbocycles. The zero-order valence-corrected chi connectivity index (χ0v) is 28.9. The average molecular weight is 693 g/mol. The molecular formula is C35H44N6O7S. The first kappa shape index (κ1) is 37.2. The van der Waals surface area contributed by atoms with E-state index in [-0.39, 0.29) is 43.4 Å². The number of aliphatic hydroxyl groups is 1. The van der Waals surface area contributed by atoms with E-state index in [2.05, 4.69) is 15.5 Å². The van der Waals surface area contributed by atoms with Crippen LogP contribution in [0.1, 0.15) is 44.5 Å². The van der Waals surface area contributed by atoms with Crippen LogP contribution in [0, 0.1) is 11.8 Å². The number of hydrogen-bond acceptors (Lipinski definition) is 9. The summed E-state index contributed by atoms with van der Waals surface area (Å²) in [6.45, 7) is 6.68. The van der Waals surface area contributed by atoms with Crippen molar-refractivity contribution in [1.29, 1.82) is 0 Å². The lowest BCUT2D eigenvalue weighted by Crippen LogP contribution is -2.57. The third-order valence-electron chi connectivity index (χ3n) is 8.14. The van der Waals surface area contributed by atoms with Crippen LogP contribution in [0.2, 0.25) is 0 Å². The molecule has 4 rings (SSSR count). The number of carbonyl (C=O) groups excluding carboxylic acids is 3. The van der Waals surface area contributed by atoms with Crippen LogP contribution >= 0.6 is 0 Å². The van der Waals surface area contributed by atoms with Gasteiger partial charge in [0.2, 0.25) is 15.9 Å². The van der Waals surface area contributed by atoms with E-state index in [9.17, 15) is 27.9 Å². The van der Waals surface area contributed by atoms with Crippen LogP contribution < -0.4 is 5.32 Å². The highest BCUT2D eigenvalue weighted by molar-refractivity contribution is 7.89. The van der Waals surface area contributed by atoms with Crippen molar-refractivity contribution in [2.24, 2.45) is 17.0 Å². The van der Waals surface area contributed by atoms with Crippen LogP contribution in [-0.2, 0) is 32.6 Å². The molecule has 3 atom stereocenters. The molecule has 14 heteroatoms. The summed E-state index contributed by atoms with van der Waals surface area (Å²) in [5, 5.41) is 26.4. The Hall–Kier alpha value is -4.66. The molecule has 1 saturated heterocycles. The van der Waals surface area contributed by atoms with Gasteiger partial charge in [-0.15, -0.1) is 0 Å². The first-order chi connectivity index (χ1) is 23.3. The SMILES string of the molecule is CC(C)CN(CC(O)[C@H](Cc1ccccc1)NC(=O)[C@@H](C(C)C)N1CC(=O)N(Cc2ccccn2)C1=O)S(=O)(=O)c1ccc(/C=N/O)cc1. The van der Waals surface area contributed by atoms with Crippen LogP contribution in [0.3, 0.4) is 0 Å². The zero-order valence-electron chi connectivity index (χ0n) is 28.1. The molecule has 0 spiro atoms. The van der Waals surface area contributed by atoms with E-state index in [0.29, 0.717) is 11.3 Å². The topological polar surface area (TPSA) is 173 Å². The van der Waals surface area contributed by atoms with Crippen LogP contribution in [0.15, 0.2) is 89.0 Å². The molecule has 49 heavy (non-hydrogen) atoms. The molecule has 1 aliphatic heterocycles. The van der Waals surface area contributed by atoms with Crippen LogP contribution in [0.4, 0.5) is 4.79 Å². The van der Waals surface area contributed by atoms with Gasteiger partial charge in [0.15, 0.2) is 0 Å². The number of nitrogens with one attached hydrogen (secondary N) is 1. The molecule has 1 aliphatic rings. The second kappa shape index (κ2) is 16.6. The minimum absolute atomic E-state index is 0.00794. The van der Waals surface area contributed by atoms with E-state index < -0.39 is 52.0 Å². The number of carbonyl (C=O) groups is 3. The molecule has 3 N–H and O–H groups in total. The smallest absolute Gasteiger partial charge is 0.328 e. The van der Waals surface area contributed by atoms with E-state index in [1.54, 1.807) is 38.2 Å². The van der Waals surface area contributed by atoms with Gasteiger partial charge < -0.3 is 20.5 Å². The standard InChI is InChI=1S/C35H44N6O7S/c1-24(2)20-39(49(47,48)29-15-13-27(14-16-29)19-37-46)22-31(42)30(18-26-10-6-5-7-11-26)38-34(44)33(25(3)4)41-23-32(43)40(35(41)45)21-28-12-8-9-17-36-28/h5-17,19,24-25,30-31,33,42,46H,18,20-23H2,1-4H3,(H,38,44)/b37-19+/t30-,31?,33+/m0/s1. The molecule has 262 valence electrons. The van der Waals surface area contributed by atoms with Gasteiger partial charge in [-0.3, -0.25) is 19.5 Å². The first-order valence-electron chi connectivity index (χ1n) is 16.1. The fourth-order valence-electron chi connectivity index (χ4n) is 5.77. The number of aromatic nitrogens is 1. The summed E-state index contributed by atoms with van der Waals surface area (Å²) in [7, 11) is -4.09. The summed E-state index contributed by atoms with van der Waals surface area (Å²) in [4.78, 5) is 47.0. The molecule has 1 fully saturated rings. The van der Waals surface area contributed by atoms with E-state index >= 15 is 0 Å². The molecular weight excluding hydrogens is 648 g/mol. The van der Waals surface area contributed by atoms with Crippen molar-refractivity contribution in [3.63, 3.8) is 0 Å². The molecule has 0 aliphatic carbocycles. The fraction of sp³-hybridized carbons (Fsp3) is 0.400. The van der Waals surface area contributed by atoms with Crippen molar-refractivity contribution in [2.75, 3.05) is 19.6 Å². The quantitative estimate of drug-likeness (QED) is 0.0889. The lowest BCUT2D eigenvalue weighted by molar-refractivity contribution is -0.129. The third-order valence-corrected chi connectivity index (χ3v) is 9.99. The van der Waals surface area contributed by atoms with Crippen molar-refractivity contribution in [1.82, 2.24) is 24.4 Å². The summed E-state index contributed by atoms with van der Waals surface area (Å²) >= 11 is 0. The summed E-state index contributed by atoms with van der Waals surface area (Å²) in [5.41, 5.74) is 1.82. The van der Waals surface area contributed by atoms with Gasteiger partial charge in [-0.2, -0.15) is 4.31 Å². The number of aliphatic hydroxyl groups excluding tert-OH is 1. The lowest BCUT2D eigenvalue weighted by atomic mass is 9.97. The Morgan fingerprint density at radius 3 is 2.27 bits per heavy atom. The van der Waals surface area contributed by atoms with Crippen molar-refractivity contribution in [3.8, 4) is 0 Å². The molecule has 3 aromatic rings. The van der Waals surface area contributed by atoms with E-state index in [0.717, 1.165) is 10.5 Å². The van der Waals surface area contributed by atoms with E-state index in [4.69, 9.17) is 5.21 Å². The van der Waals surface area contributed by atoms with Gasteiger partial charge in [0.25, 0.3) is 5.91 Å². The number of hydrogen-bond donors (Lipinski definition) is 3. The number of urea groups is 1. The van der Waals surface area contributed by atoms with E-state index in [1.807, 2.05) is 44.2 Å². The van der Waals surface area contributed by atoms with Gasteiger partial charge in [-0.1, -0.05) is 81.4 Å². The highest BCUT2D eigenvalue weighted by atomic mass is 32.2. The molecule has 2 heterocycles. The normalized spacial score (nSPS) is 15.8. The predicted octanol–water partition coefficient (Wildman–Crippen LogP) is 3.11. The van der Waals surface area contributed by atoms with Crippen molar-refractivity contribution >= 4 is 34.1 Å². The summed E-state index contributed by atoms with van der Waals surface area (Å²) in [6.07, 6.45) is 1.56. The Balaban J connectivity index is 1.59. The highest BCUT2D eigenvalue weighted by Gasteiger charge is 2.44. The van der Waals surface area contributed by atoms with Gasteiger partial charge in [-0.25, -0.2) is 13.2 Å². The second-order valence-corrected chi connectivity index (χ2v) is 14.7. The minimum Gasteiger partial charge on any atom is -0.411 e. The highest BCUT2D eigenvalue weighted by Crippen LogP contribution is 2.23. The molecule has 13 nitrogen and oxygen atoms in total. The minimum atomic E-state index is -4.09. The van der Waals surface area contributed by atoms with Crippen molar-refractivity contribution < 1.29 is 33.1 Å². The monoisotopic (exact) mass is 692 g/mol. The first-order valence-corrected chi connectivity index (χ1v) is 17.6. The molecule has 1 aromatic heterocycles. The average Bonchev–Trinajstić information content (AvgIpc) is 3.33. The largest absolute Gasteiger partial charge is 0.411 e. The maximum Gasteiger partial charge on any atom is 0.328 e. The zero-order chi connectivity index (χ0) is 35.7. The van der Waals surface area contributed by atoms with Crippen molar-refractivity contribution in [2.45, 2.75) is 63.7 Å². The Morgan fingerprint density at radius 2 is 1.67 bits per heavy atom. The summed E-state index contributed by atoms with van der Waals surface area (Å²) < 4.78 is 28.9. The maximum absolute atomic E-state index is 14.0. The van der Waals surface area contributed by atoms with Gasteiger partial charge in [0.1, 0.15) is 12.6 Å². The number of benzene rings is 2. The van der Waals surface area contributed by atoms with Gasteiger partial charge >= 0.3 is 6.03 Å². The van der Waals surface area contributed by atoms with Gasteiger partial charge in [0, 0.05) is 19.3 Å². The Morgan fingerprint density at radius 1 is 1.00 bits per heavy atom. The van der Waals surface area contributed by atoms with E-state index in [1.165, 1.54) is 39.7 Å². The van der Waals surface area contributed by atoms with Gasteiger partial charge in [0.05, 0.1) is 35.5 Å². The van der Waals surface area contributed by atoms with Gasteiger partial charge in [-0.05, 0) is 53.6 Å². The number of imide groups is 1. The molecule has 2 aromatic carbocycles.